The summed E-state index contributed by atoms with van der Waals surface area (Å²) in [5, 5.41) is 12.9. The van der Waals surface area contributed by atoms with Crippen molar-refractivity contribution in [3.63, 3.8) is 0 Å². The molecule has 0 bridgehead atoms. The van der Waals surface area contributed by atoms with Crippen molar-refractivity contribution in [2.45, 2.75) is 13.5 Å². The summed E-state index contributed by atoms with van der Waals surface area (Å²) in [5.74, 6) is -0.953. The maximum Gasteiger partial charge on any atom is 0.345 e. The van der Waals surface area contributed by atoms with Gasteiger partial charge in [-0.05, 0) is 25.1 Å². The Labute approximate surface area is 101 Å². The van der Waals surface area contributed by atoms with Crippen molar-refractivity contribution < 1.29 is 9.90 Å². The summed E-state index contributed by atoms with van der Waals surface area (Å²) in [6.45, 7) is 2.10. The Morgan fingerprint density at radius 2 is 2.18 bits per heavy atom. The fraction of sp³-hybridized carbons (Fsp3) is 0.182. The van der Waals surface area contributed by atoms with Gasteiger partial charge in [0.1, 0.15) is 4.88 Å². The number of carboxylic acid groups (broad SMARTS) is 1. The first kappa shape index (κ1) is 11.5. The van der Waals surface area contributed by atoms with Crippen LogP contribution in [0.25, 0.3) is 0 Å². The Hall–Kier alpha value is -1.95. The van der Waals surface area contributed by atoms with Crippen LogP contribution in [0.5, 0.6) is 0 Å². The number of hydrogen-bond donors (Lipinski definition) is 1. The number of thiophene rings is 1. The lowest BCUT2D eigenvalue weighted by Gasteiger charge is -2.02. The summed E-state index contributed by atoms with van der Waals surface area (Å²) in [6, 6.07) is 6.33. The molecule has 0 aliphatic heterocycles. The predicted octanol–water partition coefficient (Wildman–Crippen LogP) is 1.36. The van der Waals surface area contributed by atoms with Crippen molar-refractivity contribution in [3.8, 4) is 0 Å². The Kier molecular flexibility index (Phi) is 3.06. The maximum absolute atomic E-state index is 11.5. The van der Waals surface area contributed by atoms with Gasteiger partial charge in [-0.1, -0.05) is 0 Å². The van der Waals surface area contributed by atoms with Crippen LogP contribution in [0, 0.1) is 6.92 Å². The molecule has 0 aromatic carbocycles. The second-order valence-electron chi connectivity index (χ2n) is 3.54. The van der Waals surface area contributed by atoms with Gasteiger partial charge in [-0.2, -0.15) is 5.10 Å². The van der Waals surface area contributed by atoms with E-state index < -0.39 is 5.97 Å². The normalized spacial score (nSPS) is 10.4. The van der Waals surface area contributed by atoms with E-state index in [2.05, 4.69) is 5.10 Å². The molecule has 0 amide bonds. The molecule has 0 spiro atoms. The number of carboxylic acids is 1. The highest BCUT2D eigenvalue weighted by Gasteiger charge is 2.08. The van der Waals surface area contributed by atoms with Gasteiger partial charge in [0.25, 0.3) is 5.56 Å². The van der Waals surface area contributed by atoms with E-state index in [4.69, 9.17) is 5.11 Å². The second kappa shape index (κ2) is 4.50. The van der Waals surface area contributed by atoms with E-state index >= 15 is 0 Å². The summed E-state index contributed by atoms with van der Waals surface area (Å²) in [7, 11) is 0. The zero-order valence-electron chi connectivity index (χ0n) is 9.08. The van der Waals surface area contributed by atoms with Gasteiger partial charge in [0, 0.05) is 10.9 Å². The first-order chi connectivity index (χ1) is 8.06. The molecule has 0 saturated carbocycles. The second-order valence-corrected chi connectivity index (χ2v) is 4.71. The molecule has 0 atom stereocenters. The molecule has 0 unspecified atom stereocenters. The van der Waals surface area contributed by atoms with E-state index in [0.29, 0.717) is 6.54 Å². The van der Waals surface area contributed by atoms with Crippen molar-refractivity contribution in [1.82, 2.24) is 9.78 Å². The molecule has 2 rings (SSSR count). The third kappa shape index (κ3) is 2.59. The lowest BCUT2D eigenvalue weighted by atomic mass is 10.4. The molecule has 88 valence electrons. The minimum atomic E-state index is -0.953. The van der Waals surface area contributed by atoms with Gasteiger partial charge >= 0.3 is 5.97 Å². The van der Waals surface area contributed by atoms with Crippen molar-refractivity contribution in [3.05, 3.63) is 50.1 Å². The van der Waals surface area contributed by atoms with Crippen LogP contribution in [0.2, 0.25) is 0 Å². The number of carbonyl (C=O) groups is 1. The van der Waals surface area contributed by atoms with E-state index in [9.17, 15) is 9.59 Å². The van der Waals surface area contributed by atoms with E-state index in [1.165, 1.54) is 16.8 Å². The van der Waals surface area contributed by atoms with Crippen LogP contribution >= 0.6 is 11.3 Å². The monoisotopic (exact) mass is 250 g/mol. The van der Waals surface area contributed by atoms with Crippen molar-refractivity contribution >= 4 is 17.3 Å². The number of aryl methyl sites for hydroxylation is 1. The molecule has 2 heterocycles. The quantitative estimate of drug-likeness (QED) is 0.892. The Bertz CT molecular complexity index is 615. The minimum Gasteiger partial charge on any atom is -0.477 e. The van der Waals surface area contributed by atoms with Gasteiger partial charge in [-0.3, -0.25) is 4.79 Å². The summed E-state index contributed by atoms with van der Waals surface area (Å²) < 4.78 is 1.33. The first-order valence-electron chi connectivity index (χ1n) is 4.93. The molecule has 6 heteroatoms. The highest BCUT2D eigenvalue weighted by atomic mass is 32.1. The Balaban J connectivity index is 2.28. The van der Waals surface area contributed by atoms with E-state index in [1.807, 2.05) is 0 Å². The predicted molar refractivity (Wildman–Crippen MR) is 63.6 cm³/mol. The SMILES string of the molecule is Cc1ccc(=O)n(Cc2ccc(C(=O)O)s2)n1. The Morgan fingerprint density at radius 1 is 1.41 bits per heavy atom. The van der Waals surface area contributed by atoms with E-state index in [1.54, 1.807) is 19.1 Å². The van der Waals surface area contributed by atoms with Crippen molar-refractivity contribution in [1.29, 1.82) is 0 Å². The van der Waals surface area contributed by atoms with Crippen LogP contribution in [0.1, 0.15) is 20.2 Å². The standard InChI is InChI=1S/C11H10N2O3S/c1-7-2-5-10(14)13(12-7)6-8-3-4-9(17-8)11(15)16/h2-5H,6H2,1H3,(H,15,16). The molecule has 2 aromatic heterocycles. The lowest BCUT2D eigenvalue weighted by molar-refractivity contribution is 0.0702. The van der Waals surface area contributed by atoms with Gasteiger partial charge in [0.15, 0.2) is 0 Å². The number of rotatable bonds is 3. The van der Waals surface area contributed by atoms with Crippen LogP contribution in [0.15, 0.2) is 29.1 Å². The number of nitrogens with zero attached hydrogens (tertiary/aromatic N) is 2. The molecule has 0 aliphatic rings. The molecule has 0 saturated heterocycles. The van der Waals surface area contributed by atoms with Crippen LogP contribution in [-0.2, 0) is 6.54 Å². The minimum absolute atomic E-state index is 0.194. The summed E-state index contributed by atoms with van der Waals surface area (Å²) in [5.41, 5.74) is 0.556. The number of aromatic carboxylic acids is 1. The molecule has 1 N–H and O–H groups in total. The molecular weight excluding hydrogens is 240 g/mol. The average Bonchev–Trinajstić information content (AvgIpc) is 2.72. The molecule has 5 nitrogen and oxygen atoms in total. The van der Waals surface area contributed by atoms with Gasteiger partial charge in [0.2, 0.25) is 0 Å². The fourth-order valence-corrected chi connectivity index (χ4v) is 2.22. The highest BCUT2D eigenvalue weighted by molar-refractivity contribution is 7.13. The highest BCUT2D eigenvalue weighted by Crippen LogP contribution is 2.16. The molecule has 17 heavy (non-hydrogen) atoms. The third-order valence-corrected chi connectivity index (χ3v) is 3.24. The van der Waals surface area contributed by atoms with Crippen molar-refractivity contribution in [2.75, 3.05) is 0 Å². The third-order valence-electron chi connectivity index (χ3n) is 2.18. The molecule has 0 radical (unpaired) electrons. The zero-order chi connectivity index (χ0) is 12.4. The van der Waals surface area contributed by atoms with E-state index in [-0.39, 0.29) is 10.4 Å². The molecule has 2 aromatic rings. The van der Waals surface area contributed by atoms with Gasteiger partial charge in [-0.15, -0.1) is 11.3 Å². The van der Waals surface area contributed by atoms with Crippen LogP contribution in [0.4, 0.5) is 0 Å². The summed E-state index contributed by atoms with van der Waals surface area (Å²) in [6.07, 6.45) is 0. The van der Waals surface area contributed by atoms with Gasteiger partial charge in [0.05, 0.1) is 12.2 Å². The largest absolute Gasteiger partial charge is 0.477 e. The van der Waals surface area contributed by atoms with E-state index in [0.717, 1.165) is 21.9 Å². The Morgan fingerprint density at radius 3 is 2.82 bits per heavy atom. The summed E-state index contributed by atoms with van der Waals surface area (Å²) >= 11 is 1.15. The number of aromatic nitrogens is 2. The smallest absolute Gasteiger partial charge is 0.345 e. The van der Waals surface area contributed by atoms with Crippen LogP contribution in [-0.4, -0.2) is 20.9 Å². The summed E-state index contributed by atoms with van der Waals surface area (Å²) in [4.78, 5) is 23.3. The zero-order valence-corrected chi connectivity index (χ0v) is 9.90. The first-order valence-corrected chi connectivity index (χ1v) is 5.74. The average molecular weight is 250 g/mol. The van der Waals surface area contributed by atoms with Crippen molar-refractivity contribution in [2.24, 2.45) is 0 Å². The van der Waals surface area contributed by atoms with Gasteiger partial charge < -0.3 is 5.11 Å². The molecule has 0 fully saturated rings. The lowest BCUT2D eigenvalue weighted by Crippen LogP contribution is -2.22. The van der Waals surface area contributed by atoms with Crippen LogP contribution < -0.4 is 5.56 Å². The topological polar surface area (TPSA) is 72.2 Å². The van der Waals surface area contributed by atoms with Gasteiger partial charge in [-0.25, -0.2) is 9.48 Å². The number of hydrogen-bond acceptors (Lipinski definition) is 4. The maximum atomic E-state index is 11.5. The molecule has 0 aliphatic carbocycles. The van der Waals surface area contributed by atoms with Crippen LogP contribution in [0.3, 0.4) is 0 Å². The fourth-order valence-electron chi connectivity index (χ4n) is 1.39. The molecular formula is C11H10N2O3S.